The number of carbonyl (C=O) groups is 1. The summed E-state index contributed by atoms with van der Waals surface area (Å²) in [5, 5.41) is 21.7. The molecule has 0 bridgehead atoms. The molecule has 1 N–H and O–H groups in total. The minimum absolute atomic E-state index is 0.0336. The molecule has 0 aromatic heterocycles. The van der Waals surface area contributed by atoms with Gasteiger partial charge in [-0.2, -0.15) is 10.5 Å². The van der Waals surface area contributed by atoms with Crippen LogP contribution in [0.3, 0.4) is 0 Å². The molecule has 31 heavy (non-hydrogen) atoms. The van der Waals surface area contributed by atoms with Gasteiger partial charge in [-0.1, -0.05) is 47.0 Å². The lowest BCUT2D eigenvalue weighted by Gasteiger charge is -2.14. The molecule has 6 nitrogen and oxygen atoms in total. The van der Waals surface area contributed by atoms with Crippen molar-refractivity contribution in [2.75, 3.05) is 7.11 Å². The van der Waals surface area contributed by atoms with Crippen molar-refractivity contribution in [2.24, 2.45) is 0 Å². The van der Waals surface area contributed by atoms with Crippen molar-refractivity contribution in [1.29, 1.82) is 10.5 Å². The molecule has 0 spiro atoms. The molecule has 2 aromatic rings. The highest BCUT2D eigenvalue weighted by Gasteiger charge is 2.20. The molecule has 0 unspecified atom stereocenters. The van der Waals surface area contributed by atoms with Crippen LogP contribution in [-0.4, -0.2) is 19.1 Å². The number of hydrogen-bond donors (Lipinski definition) is 1. The first kappa shape index (κ1) is 22.4. The van der Waals surface area contributed by atoms with Crippen molar-refractivity contribution in [2.45, 2.75) is 38.3 Å². The Morgan fingerprint density at radius 3 is 2.65 bits per heavy atom. The highest BCUT2D eigenvalue weighted by atomic mass is 79.9. The van der Waals surface area contributed by atoms with Gasteiger partial charge in [-0.15, -0.1) is 0 Å². The van der Waals surface area contributed by atoms with E-state index in [9.17, 15) is 15.3 Å². The van der Waals surface area contributed by atoms with E-state index in [-0.39, 0.29) is 24.1 Å². The van der Waals surface area contributed by atoms with Crippen LogP contribution in [0, 0.1) is 22.7 Å². The lowest BCUT2D eigenvalue weighted by molar-refractivity contribution is -0.117. The van der Waals surface area contributed by atoms with E-state index in [4.69, 9.17) is 9.47 Å². The lowest BCUT2D eigenvalue weighted by Crippen LogP contribution is -2.33. The number of nitrogens with one attached hydrogen (secondary N) is 1. The van der Waals surface area contributed by atoms with Gasteiger partial charge in [-0.25, -0.2) is 0 Å². The third kappa shape index (κ3) is 5.65. The highest BCUT2D eigenvalue weighted by Crippen LogP contribution is 2.35. The Labute approximate surface area is 190 Å². The first-order valence-corrected chi connectivity index (χ1v) is 10.8. The summed E-state index contributed by atoms with van der Waals surface area (Å²) in [6.45, 7) is 0.203. The van der Waals surface area contributed by atoms with Gasteiger partial charge in [-0.3, -0.25) is 4.79 Å². The second-order valence-electron chi connectivity index (χ2n) is 7.21. The first-order valence-electron chi connectivity index (χ1n) is 9.96. The Morgan fingerprint density at radius 2 is 1.97 bits per heavy atom. The van der Waals surface area contributed by atoms with Crippen LogP contribution in [0.4, 0.5) is 0 Å². The van der Waals surface area contributed by atoms with E-state index in [2.05, 4.69) is 27.3 Å². The van der Waals surface area contributed by atoms with Gasteiger partial charge in [0.25, 0.3) is 5.91 Å². The molecule has 1 aliphatic rings. The Hall–Kier alpha value is -3.29. The van der Waals surface area contributed by atoms with Gasteiger partial charge in [0, 0.05) is 16.1 Å². The van der Waals surface area contributed by atoms with Crippen LogP contribution in [0.1, 0.15) is 42.4 Å². The predicted molar refractivity (Wildman–Crippen MR) is 120 cm³/mol. The zero-order chi connectivity index (χ0) is 22.2. The zero-order valence-corrected chi connectivity index (χ0v) is 18.7. The van der Waals surface area contributed by atoms with E-state index in [1.165, 1.54) is 13.2 Å². The summed E-state index contributed by atoms with van der Waals surface area (Å²) in [5.74, 6) is 0.569. The number of benzene rings is 2. The Balaban J connectivity index is 1.81. The Bertz CT molecular complexity index is 1080. The van der Waals surface area contributed by atoms with Crippen LogP contribution < -0.4 is 14.8 Å². The molecule has 1 amide bonds. The molecule has 0 saturated heterocycles. The van der Waals surface area contributed by atoms with Gasteiger partial charge in [0.2, 0.25) is 0 Å². The maximum atomic E-state index is 12.5. The molecule has 0 aliphatic heterocycles. The average Bonchev–Trinajstić information content (AvgIpc) is 3.30. The van der Waals surface area contributed by atoms with Gasteiger partial charge < -0.3 is 14.8 Å². The number of ether oxygens (including phenoxy) is 2. The van der Waals surface area contributed by atoms with Crippen LogP contribution in [0.5, 0.6) is 11.5 Å². The number of methoxy groups -OCH3 is 1. The number of nitriles is 2. The minimum Gasteiger partial charge on any atom is -0.493 e. The summed E-state index contributed by atoms with van der Waals surface area (Å²) < 4.78 is 12.0. The molecule has 0 radical (unpaired) electrons. The lowest BCUT2D eigenvalue weighted by atomic mass is 10.1. The number of amides is 1. The average molecular weight is 480 g/mol. The highest BCUT2D eigenvalue weighted by molar-refractivity contribution is 9.10. The Kier molecular flexibility index (Phi) is 7.70. The predicted octanol–water partition coefficient (Wildman–Crippen LogP) is 4.87. The number of rotatable bonds is 7. The van der Waals surface area contributed by atoms with Gasteiger partial charge >= 0.3 is 0 Å². The number of nitrogens with zero attached hydrogens (tertiary/aromatic N) is 2. The second kappa shape index (κ2) is 10.7. The van der Waals surface area contributed by atoms with Crippen molar-refractivity contribution < 1.29 is 14.3 Å². The van der Waals surface area contributed by atoms with Crippen LogP contribution >= 0.6 is 15.9 Å². The summed E-state index contributed by atoms with van der Waals surface area (Å²) >= 11 is 3.49. The number of carbonyl (C=O) groups excluding carboxylic acids is 1. The summed E-state index contributed by atoms with van der Waals surface area (Å²) in [6, 6.07) is 14.9. The molecule has 1 saturated carbocycles. The van der Waals surface area contributed by atoms with E-state index in [0.717, 1.165) is 31.2 Å². The van der Waals surface area contributed by atoms with Crippen molar-refractivity contribution in [3.63, 3.8) is 0 Å². The van der Waals surface area contributed by atoms with Gasteiger partial charge in [0.05, 0.1) is 18.7 Å². The molecule has 3 rings (SSSR count). The number of hydrogen-bond acceptors (Lipinski definition) is 5. The summed E-state index contributed by atoms with van der Waals surface area (Å²) in [6.07, 6.45) is 5.62. The van der Waals surface area contributed by atoms with Crippen LogP contribution in [0.25, 0.3) is 6.08 Å². The van der Waals surface area contributed by atoms with E-state index in [0.29, 0.717) is 27.1 Å². The normalized spacial score (nSPS) is 13.9. The standard InChI is InChI=1S/C24H22BrN3O3/c1-30-22-11-18(10-19(14-27)24(29)28-20-8-4-5-9-20)21(25)12-23(22)31-15-17-7-3-2-6-16(17)13-26/h2-3,6-7,10-12,20H,4-5,8-9,15H2,1H3,(H,28,29)/b19-10-. The third-order valence-electron chi connectivity index (χ3n) is 5.16. The molecule has 158 valence electrons. The van der Waals surface area contributed by atoms with Crippen molar-refractivity contribution in [3.05, 3.63) is 63.1 Å². The largest absolute Gasteiger partial charge is 0.493 e. The summed E-state index contributed by atoms with van der Waals surface area (Å²) in [5.41, 5.74) is 1.97. The smallest absolute Gasteiger partial charge is 0.262 e. The fraction of sp³-hybridized carbons (Fsp3) is 0.292. The van der Waals surface area contributed by atoms with Crippen molar-refractivity contribution in [3.8, 4) is 23.6 Å². The van der Waals surface area contributed by atoms with Gasteiger partial charge in [0.15, 0.2) is 11.5 Å². The maximum absolute atomic E-state index is 12.5. The van der Waals surface area contributed by atoms with E-state index >= 15 is 0 Å². The SMILES string of the molecule is COc1cc(/C=C(/C#N)C(=O)NC2CCCC2)c(Br)cc1OCc1ccccc1C#N. The van der Waals surface area contributed by atoms with Crippen molar-refractivity contribution in [1.82, 2.24) is 5.32 Å². The summed E-state index contributed by atoms with van der Waals surface area (Å²) in [7, 11) is 1.52. The van der Waals surface area contributed by atoms with E-state index in [1.807, 2.05) is 18.2 Å². The molecular formula is C24H22BrN3O3. The molecule has 1 aliphatic carbocycles. The molecule has 2 aromatic carbocycles. The van der Waals surface area contributed by atoms with E-state index < -0.39 is 0 Å². The monoisotopic (exact) mass is 479 g/mol. The van der Waals surface area contributed by atoms with Crippen LogP contribution in [-0.2, 0) is 11.4 Å². The fourth-order valence-electron chi connectivity index (χ4n) is 3.48. The molecular weight excluding hydrogens is 458 g/mol. The van der Waals surface area contributed by atoms with Crippen LogP contribution in [0.2, 0.25) is 0 Å². The molecule has 0 heterocycles. The third-order valence-corrected chi connectivity index (χ3v) is 5.85. The van der Waals surface area contributed by atoms with Crippen molar-refractivity contribution >= 4 is 27.9 Å². The quantitative estimate of drug-likeness (QED) is 0.451. The molecule has 7 heteroatoms. The Morgan fingerprint density at radius 1 is 1.23 bits per heavy atom. The van der Waals surface area contributed by atoms with Crippen LogP contribution in [0.15, 0.2) is 46.4 Å². The summed E-state index contributed by atoms with van der Waals surface area (Å²) in [4.78, 5) is 12.5. The zero-order valence-electron chi connectivity index (χ0n) is 17.2. The maximum Gasteiger partial charge on any atom is 0.262 e. The molecule has 0 atom stereocenters. The van der Waals surface area contributed by atoms with Gasteiger partial charge in [0.1, 0.15) is 18.2 Å². The minimum atomic E-state index is -0.367. The molecule has 1 fully saturated rings. The van der Waals surface area contributed by atoms with Gasteiger partial charge in [-0.05, 0) is 42.7 Å². The van der Waals surface area contributed by atoms with E-state index in [1.54, 1.807) is 24.3 Å². The number of halogens is 1. The second-order valence-corrected chi connectivity index (χ2v) is 8.06. The first-order chi connectivity index (χ1) is 15.0. The fourth-order valence-corrected chi connectivity index (χ4v) is 3.92. The topological polar surface area (TPSA) is 95.1 Å².